The standard InChI is InChI=1S/C11H10N4O/c12-7-5-13-15-11(7)9-4-6-8(14-9)2-1-3-10(6)16/h1-5,14,16H,12H2,(H,13,15). The highest BCUT2D eigenvalue weighted by atomic mass is 16.3. The minimum absolute atomic E-state index is 0.248. The van der Waals surface area contributed by atoms with E-state index < -0.39 is 0 Å². The minimum Gasteiger partial charge on any atom is -0.507 e. The third kappa shape index (κ3) is 1.15. The van der Waals surface area contributed by atoms with Crippen LogP contribution in [0.2, 0.25) is 0 Å². The monoisotopic (exact) mass is 214 g/mol. The van der Waals surface area contributed by atoms with Crippen molar-refractivity contribution in [2.45, 2.75) is 0 Å². The lowest BCUT2D eigenvalue weighted by molar-refractivity contribution is 0.482. The van der Waals surface area contributed by atoms with E-state index in [1.54, 1.807) is 18.3 Å². The van der Waals surface area contributed by atoms with Crippen molar-refractivity contribution in [3.63, 3.8) is 0 Å². The number of nitrogens with two attached hydrogens (primary N) is 1. The second-order valence-corrected chi connectivity index (χ2v) is 3.62. The van der Waals surface area contributed by atoms with E-state index in [9.17, 15) is 5.11 Å². The molecule has 5 N–H and O–H groups in total. The predicted octanol–water partition coefficient (Wildman–Crippen LogP) is 1.85. The number of hydrogen-bond donors (Lipinski definition) is 4. The Kier molecular flexibility index (Phi) is 1.67. The molecule has 5 nitrogen and oxygen atoms in total. The normalized spacial score (nSPS) is 11.0. The number of anilines is 1. The van der Waals surface area contributed by atoms with Crippen LogP contribution in [0.1, 0.15) is 0 Å². The van der Waals surface area contributed by atoms with Crippen LogP contribution >= 0.6 is 0 Å². The van der Waals surface area contributed by atoms with Crippen molar-refractivity contribution in [1.29, 1.82) is 0 Å². The molecule has 16 heavy (non-hydrogen) atoms. The number of aromatic nitrogens is 3. The van der Waals surface area contributed by atoms with Crippen LogP contribution in [-0.4, -0.2) is 20.3 Å². The summed E-state index contributed by atoms with van der Waals surface area (Å²) in [5.74, 6) is 0.248. The number of hydrogen-bond acceptors (Lipinski definition) is 3. The van der Waals surface area contributed by atoms with Gasteiger partial charge in [-0.15, -0.1) is 0 Å². The number of nitrogen functional groups attached to an aromatic ring is 1. The Bertz CT molecular complexity index is 653. The summed E-state index contributed by atoms with van der Waals surface area (Å²) < 4.78 is 0. The summed E-state index contributed by atoms with van der Waals surface area (Å²) in [7, 11) is 0. The first-order valence-corrected chi connectivity index (χ1v) is 4.85. The van der Waals surface area contributed by atoms with Gasteiger partial charge < -0.3 is 15.8 Å². The zero-order valence-corrected chi connectivity index (χ0v) is 8.36. The van der Waals surface area contributed by atoms with Gasteiger partial charge in [0.25, 0.3) is 0 Å². The van der Waals surface area contributed by atoms with Gasteiger partial charge in [0.1, 0.15) is 11.4 Å². The molecule has 3 aromatic rings. The van der Waals surface area contributed by atoms with Gasteiger partial charge in [-0.2, -0.15) is 5.10 Å². The van der Waals surface area contributed by atoms with Crippen molar-refractivity contribution in [2.75, 3.05) is 5.73 Å². The minimum atomic E-state index is 0.248. The van der Waals surface area contributed by atoms with E-state index in [1.807, 2.05) is 12.1 Å². The Morgan fingerprint density at radius 2 is 2.19 bits per heavy atom. The molecular formula is C11H10N4O. The Morgan fingerprint density at radius 1 is 1.31 bits per heavy atom. The van der Waals surface area contributed by atoms with Gasteiger partial charge in [0.15, 0.2) is 0 Å². The van der Waals surface area contributed by atoms with Gasteiger partial charge in [-0.25, -0.2) is 0 Å². The van der Waals surface area contributed by atoms with E-state index in [-0.39, 0.29) is 5.75 Å². The third-order valence-corrected chi connectivity index (χ3v) is 2.58. The van der Waals surface area contributed by atoms with Crippen molar-refractivity contribution in [3.8, 4) is 17.1 Å². The first-order chi connectivity index (χ1) is 7.75. The quantitative estimate of drug-likeness (QED) is 0.498. The molecule has 3 rings (SSSR count). The smallest absolute Gasteiger partial charge is 0.124 e. The summed E-state index contributed by atoms with van der Waals surface area (Å²) >= 11 is 0. The van der Waals surface area contributed by atoms with Gasteiger partial charge in [0, 0.05) is 10.9 Å². The van der Waals surface area contributed by atoms with Gasteiger partial charge >= 0.3 is 0 Å². The number of phenolic OH excluding ortho intramolecular Hbond substituents is 1. The molecule has 0 fully saturated rings. The zero-order valence-electron chi connectivity index (χ0n) is 8.36. The van der Waals surface area contributed by atoms with Gasteiger partial charge in [-0.3, -0.25) is 5.10 Å². The van der Waals surface area contributed by atoms with Gasteiger partial charge in [-0.1, -0.05) is 6.07 Å². The average molecular weight is 214 g/mol. The van der Waals surface area contributed by atoms with Crippen LogP contribution in [0.4, 0.5) is 5.69 Å². The summed E-state index contributed by atoms with van der Waals surface area (Å²) in [4.78, 5) is 3.17. The number of nitrogens with zero attached hydrogens (tertiary/aromatic N) is 1. The molecule has 80 valence electrons. The van der Waals surface area contributed by atoms with Gasteiger partial charge in [0.2, 0.25) is 0 Å². The predicted molar refractivity (Wildman–Crippen MR) is 62.0 cm³/mol. The third-order valence-electron chi connectivity index (χ3n) is 2.58. The Balaban J connectivity index is 2.27. The van der Waals surface area contributed by atoms with Crippen LogP contribution < -0.4 is 5.73 Å². The van der Waals surface area contributed by atoms with E-state index in [4.69, 9.17) is 5.73 Å². The maximum absolute atomic E-state index is 9.67. The van der Waals surface area contributed by atoms with E-state index in [1.165, 1.54) is 0 Å². The average Bonchev–Trinajstić information content (AvgIpc) is 2.84. The molecule has 0 unspecified atom stereocenters. The number of benzene rings is 1. The lowest BCUT2D eigenvalue weighted by atomic mass is 10.2. The lowest BCUT2D eigenvalue weighted by Gasteiger charge is -1.92. The molecular weight excluding hydrogens is 204 g/mol. The fourth-order valence-electron chi connectivity index (χ4n) is 1.79. The van der Waals surface area contributed by atoms with Crippen LogP contribution in [-0.2, 0) is 0 Å². The van der Waals surface area contributed by atoms with E-state index in [0.717, 1.165) is 22.3 Å². The topological polar surface area (TPSA) is 90.7 Å². The van der Waals surface area contributed by atoms with Crippen LogP contribution in [0.25, 0.3) is 22.3 Å². The number of aromatic amines is 2. The number of aromatic hydroxyl groups is 1. The van der Waals surface area contributed by atoms with Crippen molar-refractivity contribution in [2.24, 2.45) is 0 Å². The second kappa shape index (κ2) is 3.03. The highest BCUT2D eigenvalue weighted by Gasteiger charge is 2.09. The maximum atomic E-state index is 9.67. The second-order valence-electron chi connectivity index (χ2n) is 3.62. The molecule has 2 heterocycles. The number of nitrogens with one attached hydrogen (secondary N) is 2. The molecule has 1 aromatic carbocycles. The molecule has 0 bridgehead atoms. The first kappa shape index (κ1) is 8.84. The largest absolute Gasteiger partial charge is 0.507 e. The summed E-state index contributed by atoms with van der Waals surface area (Å²) in [6.45, 7) is 0. The van der Waals surface area contributed by atoms with Crippen LogP contribution in [0, 0.1) is 0 Å². The van der Waals surface area contributed by atoms with Crippen molar-refractivity contribution < 1.29 is 5.11 Å². The number of phenols is 1. The molecule has 0 saturated carbocycles. The van der Waals surface area contributed by atoms with E-state index in [0.29, 0.717) is 5.69 Å². The molecule has 5 heteroatoms. The van der Waals surface area contributed by atoms with Crippen LogP contribution in [0.3, 0.4) is 0 Å². The van der Waals surface area contributed by atoms with Crippen LogP contribution in [0.15, 0.2) is 30.5 Å². The highest BCUT2D eigenvalue weighted by molar-refractivity contribution is 5.91. The molecule has 0 aliphatic heterocycles. The molecule has 0 aliphatic carbocycles. The molecule has 0 radical (unpaired) electrons. The van der Waals surface area contributed by atoms with E-state index in [2.05, 4.69) is 15.2 Å². The molecule has 0 saturated heterocycles. The zero-order chi connectivity index (χ0) is 11.1. The number of rotatable bonds is 1. The van der Waals surface area contributed by atoms with Gasteiger partial charge in [0.05, 0.1) is 17.6 Å². The summed E-state index contributed by atoms with van der Waals surface area (Å²) in [6, 6.07) is 7.17. The SMILES string of the molecule is Nc1cn[nH]c1-c1cc2c(O)cccc2[nH]1. The molecule has 0 amide bonds. The fourth-order valence-corrected chi connectivity index (χ4v) is 1.79. The van der Waals surface area contributed by atoms with Gasteiger partial charge in [-0.05, 0) is 18.2 Å². The van der Waals surface area contributed by atoms with Crippen molar-refractivity contribution in [1.82, 2.24) is 15.2 Å². The Hall–Kier alpha value is -2.43. The Morgan fingerprint density at radius 3 is 2.88 bits per heavy atom. The summed E-state index contributed by atoms with van der Waals surface area (Å²) in [5, 5.41) is 17.1. The van der Waals surface area contributed by atoms with Crippen LogP contribution in [0.5, 0.6) is 5.75 Å². The highest BCUT2D eigenvalue weighted by Crippen LogP contribution is 2.30. The first-order valence-electron chi connectivity index (χ1n) is 4.85. The maximum Gasteiger partial charge on any atom is 0.124 e. The molecule has 0 atom stereocenters. The number of fused-ring (bicyclic) bond motifs is 1. The number of H-pyrrole nitrogens is 2. The summed E-state index contributed by atoms with van der Waals surface area (Å²) in [6.07, 6.45) is 1.56. The molecule has 0 aliphatic rings. The molecule has 0 spiro atoms. The fraction of sp³-hybridized carbons (Fsp3) is 0. The van der Waals surface area contributed by atoms with Crippen molar-refractivity contribution >= 4 is 16.6 Å². The van der Waals surface area contributed by atoms with E-state index >= 15 is 0 Å². The van der Waals surface area contributed by atoms with Crippen molar-refractivity contribution in [3.05, 3.63) is 30.5 Å². The lowest BCUT2D eigenvalue weighted by Crippen LogP contribution is -1.85. The summed E-state index contributed by atoms with van der Waals surface area (Å²) in [5.41, 5.74) is 8.74. The molecule has 2 aromatic heterocycles. The Labute approximate surface area is 90.9 Å².